The highest BCUT2D eigenvalue weighted by atomic mass is 16.4. The molecule has 0 bridgehead atoms. The van der Waals surface area contributed by atoms with Crippen LogP contribution in [0.3, 0.4) is 0 Å². The van der Waals surface area contributed by atoms with Gasteiger partial charge in [-0.2, -0.15) is 0 Å². The van der Waals surface area contributed by atoms with Gasteiger partial charge in [-0.3, -0.25) is 9.59 Å². The molecule has 4 N–H and O–H groups in total. The van der Waals surface area contributed by atoms with Crippen LogP contribution in [-0.4, -0.2) is 23.0 Å². The molecule has 1 rings (SSSR count). The average molecular weight is 264 g/mol. The van der Waals surface area contributed by atoms with Crippen LogP contribution in [0, 0.1) is 0 Å². The van der Waals surface area contributed by atoms with Gasteiger partial charge in [0.2, 0.25) is 5.91 Å². The third-order valence-electron chi connectivity index (χ3n) is 2.95. The molecule has 0 aromatic heterocycles. The maximum Gasteiger partial charge on any atom is 0.320 e. The van der Waals surface area contributed by atoms with Gasteiger partial charge in [0, 0.05) is 6.42 Å². The van der Waals surface area contributed by atoms with Crippen LogP contribution in [0.5, 0.6) is 0 Å². The van der Waals surface area contributed by atoms with Crippen molar-refractivity contribution in [1.82, 2.24) is 5.32 Å². The van der Waals surface area contributed by atoms with Crippen molar-refractivity contribution >= 4 is 11.9 Å². The van der Waals surface area contributed by atoms with Crippen LogP contribution in [0.4, 0.5) is 0 Å². The summed E-state index contributed by atoms with van der Waals surface area (Å²) >= 11 is 0. The van der Waals surface area contributed by atoms with Crippen molar-refractivity contribution < 1.29 is 14.7 Å². The number of hydrogen-bond donors (Lipinski definition) is 3. The molecule has 5 heteroatoms. The Morgan fingerprint density at radius 1 is 1.32 bits per heavy atom. The molecule has 0 aliphatic heterocycles. The lowest BCUT2D eigenvalue weighted by atomic mass is 10.0. The second kappa shape index (κ2) is 7.53. The van der Waals surface area contributed by atoms with Crippen molar-refractivity contribution in [3.05, 3.63) is 35.9 Å². The van der Waals surface area contributed by atoms with Crippen LogP contribution in [0.2, 0.25) is 0 Å². The van der Waals surface area contributed by atoms with Crippen molar-refractivity contribution in [2.24, 2.45) is 5.73 Å². The highest BCUT2D eigenvalue weighted by Gasteiger charge is 2.16. The number of aliphatic carboxylic acids is 1. The predicted molar refractivity (Wildman–Crippen MR) is 72.5 cm³/mol. The molecule has 5 nitrogen and oxygen atoms in total. The van der Waals surface area contributed by atoms with Gasteiger partial charge in [-0.1, -0.05) is 37.3 Å². The monoisotopic (exact) mass is 264 g/mol. The first-order valence-corrected chi connectivity index (χ1v) is 6.37. The van der Waals surface area contributed by atoms with Crippen molar-refractivity contribution in [3.63, 3.8) is 0 Å². The van der Waals surface area contributed by atoms with E-state index in [1.165, 1.54) is 0 Å². The van der Waals surface area contributed by atoms with Crippen LogP contribution < -0.4 is 11.1 Å². The van der Waals surface area contributed by atoms with Crippen molar-refractivity contribution in [2.75, 3.05) is 0 Å². The first-order valence-electron chi connectivity index (χ1n) is 6.37. The average Bonchev–Trinajstić information content (AvgIpc) is 2.42. The van der Waals surface area contributed by atoms with Crippen LogP contribution in [0.15, 0.2) is 30.3 Å². The summed E-state index contributed by atoms with van der Waals surface area (Å²) in [5.41, 5.74) is 6.40. The maximum atomic E-state index is 11.8. The van der Waals surface area contributed by atoms with E-state index in [0.717, 1.165) is 12.0 Å². The summed E-state index contributed by atoms with van der Waals surface area (Å²) in [7, 11) is 0. The Bertz CT molecular complexity index is 420. The molecule has 104 valence electrons. The van der Waals surface area contributed by atoms with Gasteiger partial charge < -0.3 is 16.2 Å². The zero-order chi connectivity index (χ0) is 14.3. The summed E-state index contributed by atoms with van der Waals surface area (Å²) in [5.74, 6) is -1.25. The molecule has 0 heterocycles. The quantitative estimate of drug-likeness (QED) is 0.695. The number of nitrogens with one attached hydrogen (secondary N) is 1. The van der Waals surface area contributed by atoms with E-state index in [0.29, 0.717) is 0 Å². The molecule has 0 saturated carbocycles. The Balaban J connectivity index is 2.48. The standard InChI is InChI=1S/C14H20N2O3/c1-2-12(10-6-4-3-5-7-10)16-13(17)9-8-11(15)14(18)19/h3-7,11-12H,2,8-9,15H2,1H3,(H,16,17)(H,18,19)/t11-,12?/m0/s1. The summed E-state index contributed by atoms with van der Waals surface area (Å²) in [6.45, 7) is 1.99. The molecule has 0 radical (unpaired) electrons. The predicted octanol–water partition coefficient (Wildman–Crippen LogP) is 1.45. The number of carboxylic acid groups (broad SMARTS) is 1. The second-order valence-electron chi connectivity index (χ2n) is 4.42. The minimum Gasteiger partial charge on any atom is -0.480 e. The normalized spacial score (nSPS) is 13.6. The minimum atomic E-state index is -1.08. The van der Waals surface area contributed by atoms with Gasteiger partial charge in [0.25, 0.3) is 0 Å². The molecule has 0 aliphatic carbocycles. The van der Waals surface area contributed by atoms with Gasteiger partial charge in [-0.25, -0.2) is 0 Å². The summed E-state index contributed by atoms with van der Waals surface area (Å²) in [5, 5.41) is 11.5. The summed E-state index contributed by atoms with van der Waals surface area (Å²) in [6, 6.07) is 8.64. The lowest BCUT2D eigenvalue weighted by Gasteiger charge is -2.17. The summed E-state index contributed by atoms with van der Waals surface area (Å²) in [4.78, 5) is 22.3. The Kier molecular flexibility index (Phi) is 6.02. The smallest absolute Gasteiger partial charge is 0.320 e. The van der Waals surface area contributed by atoms with E-state index in [-0.39, 0.29) is 24.8 Å². The van der Waals surface area contributed by atoms with E-state index in [2.05, 4.69) is 5.32 Å². The fourth-order valence-electron chi connectivity index (χ4n) is 1.78. The Morgan fingerprint density at radius 2 is 1.95 bits per heavy atom. The number of nitrogens with two attached hydrogens (primary N) is 1. The molecule has 1 unspecified atom stereocenters. The van der Waals surface area contributed by atoms with E-state index in [9.17, 15) is 9.59 Å². The van der Waals surface area contributed by atoms with Gasteiger partial charge in [0.15, 0.2) is 0 Å². The third kappa shape index (κ3) is 5.09. The molecule has 0 saturated heterocycles. The van der Waals surface area contributed by atoms with Crippen molar-refractivity contribution in [3.8, 4) is 0 Å². The van der Waals surface area contributed by atoms with Crippen molar-refractivity contribution in [2.45, 2.75) is 38.3 Å². The lowest BCUT2D eigenvalue weighted by Crippen LogP contribution is -2.33. The topological polar surface area (TPSA) is 92.4 Å². The van der Waals surface area contributed by atoms with Crippen LogP contribution in [0.25, 0.3) is 0 Å². The zero-order valence-electron chi connectivity index (χ0n) is 11.0. The number of hydrogen-bond acceptors (Lipinski definition) is 3. The van der Waals surface area contributed by atoms with Crippen LogP contribution in [-0.2, 0) is 9.59 Å². The van der Waals surface area contributed by atoms with E-state index in [4.69, 9.17) is 10.8 Å². The lowest BCUT2D eigenvalue weighted by molar-refractivity contribution is -0.138. The van der Waals surface area contributed by atoms with E-state index in [1.54, 1.807) is 0 Å². The fraction of sp³-hybridized carbons (Fsp3) is 0.429. The molecule has 0 fully saturated rings. The highest BCUT2D eigenvalue weighted by Crippen LogP contribution is 2.16. The van der Waals surface area contributed by atoms with Gasteiger partial charge in [0.05, 0.1) is 6.04 Å². The molecule has 2 atom stereocenters. The molecular formula is C14H20N2O3. The molecule has 19 heavy (non-hydrogen) atoms. The number of carbonyl (C=O) groups is 2. The fourth-order valence-corrected chi connectivity index (χ4v) is 1.78. The summed E-state index contributed by atoms with van der Waals surface area (Å²) in [6.07, 6.45) is 1.05. The summed E-state index contributed by atoms with van der Waals surface area (Å²) < 4.78 is 0. The number of benzene rings is 1. The molecule has 0 spiro atoms. The van der Waals surface area contributed by atoms with Crippen LogP contribution >= 0.6 is 0 Å². The molecule has 1 aromatic rings. The zero-order valence-corrected chi connectivity index (χ0v) is 11.0. The van der Waals surface area contributed by atoms with E-state index in [1.807, 2.05) is 37.3 Å². The first kappa shape index (κ1) is 15.2. The maximum absolute atomic E-state index is 11.8. The van der Waals surface area contributed by atoms with E-state index < -0.39 is 12.0 Å². The second-order valence-corrected chi connectivity index (χ2v) is 4.42. The largest absolute Gasteiger partial charge is 0.480 e. The van der Waals surface area contributed by atoms with Gasteiger partial charge in [-0.15, -0.1) is 0 Å². The molecule has 1 amide bonds. The van der Waals surface area contributed by atoms with Gasteiger partial charge in [0.1, 0.15) is 6.04 Å². The number of amides is 1. The minimum absolute atomic E-state index is 0.0465. The van der Waals surface area contributed by atoms with E-state index >= 15 is 0 Å². The third-order valence-corrected chi connectivity index (χ3v) is 2.95. The number of carboxylic acids is 1. The highest BCUT2D eigenvalue weighted by molar-refractivity contribution is 5.78. The first-order chi connectivity index (χ1) is 9.04. The van der Waals surface area contributed by atoms with Crippen LogP contribution in [0.1, 0.15) is 37.8 Å². The Morgan fingerprint density at radius 3 is 2.47 bits per heavy atom. The Labute approximate surface area is 112 Å². The van der Waals surface area contributed by atoms with Gasteiger partial charge >= 0.3 is 5.97 Å². The van der Waals surface area contributed by atoms with Gasteiger partial charge in [-0.05, 0) is 18.4 Å². The molecule has 0 aliphatic rings. The number of rotatable bonds is 7. The molecular weight excluding hydrogens is 244 g/mol. The number of carbonyl (C=O) groups excluding carboxylic acids is 1. The Hall–Kier alpha value is -1.88. The SMILES string of the molecule is CCC(NC(=O)CC[C@H](N)C(=O)O)c1ccccc1. The van der Waals surface area contributed by atoms with Crippen molar-refractivity contribution in [1.29, 1.82) is 0 Å². The molecule has 1 aromatic carbocycles.